The summed E-state index contributed by atoms with van der Waals surface area (Å²) in [6, 6.07) is 15.6. The van der Waals surface area contributed by atoms with Gasteiger partial charge in [-0.2, -0.15) is 0 Å². The third-order valence-corrected chi connectivity index (χ3v) is 5.40. The summed E-state index contributed by atoms with van der Waals surface area (Å²) < 4.78 is 10.6. The first kappa shape index (κ1) is 20.2. The van der Waals surface area contributed by atoms with Crippen molar-refractivity contribution in [3.63, 3.8) is 0 Å². The van der Waals surface area contributed by atoms with Crippen LogP contribution in [0, 0.1) is 5.41 Å². The number of hydrogen-bond donors (Lipinski definition) is 1. The van der Waals surface area contributed by atoms with Crippen LogP contribution >= 0.6 is 0 Å². The quantitative estimate of drug-likeness (QED) is 0.737. The molecule has 1 aliphatic rings. The Bertz CT molecular complexity index is 792. The van der Waals surface area contributed by atoms with Crippen LogP contribution < -0.4 is 4.74 Å². The monoisotopic (exact) mass is 383 g/mol. The molecule has 0 radical (unpaired) electrons. The molecule has 0 unspecified atom stereocenters. The van der Waals surface area contributed by atoms with E-state index in [1.165, 1.54) is 7.11 Å². The van der Waals surface area contributed by atoms with Crippen LogP contribution in [0.25, 0.3) is 0 Å². The van der Waals surface area contributed by atoms with Crippen molar-refractivity contribution in [1.82, 2.24) is 4.90 Å². The highest BCUT2D eigenvalue weighted by atomic mass is 16.5. The van der Waals surface area contributed by atoms with E-state index in [4.69, 9.17) is 9.47 Å². The van der Waals surface area contributed by atoms with Crippen molar-refractivity contribution in [2.24, 2.45) is 5.41 Å². The summed E-state index contributed by atoms with van der Waals surface area (Å²) in [5, 5.41) is 10.1. The van der Waals surface area contributed by atoms with Crippen LogP contribution in [0.15, 0.2) is 48.5 Å². The number of phenolic OH excluding ortho intramolecular Hbond substituents is 1. The Labute approximate surface area is 166 Å². The number of hydrogen-bond acceptors (Lipinski definition) is 5. The molecule has 1 fully saturated rings. The number of carbonyl (C=O) groups is 1. The molecule has 1 saturated heterocycles. The predicted molar refractivity (Wildman–Crippen MR) is 108 cm³/mol. The summed E-state index contributed by atoms with van der Waals surface area (Å²) in [5.41, 5.74) is 1.61. The molecule has 5 heteroatoms. The summed E-state index contributed by atoms with van der Waals surface area (Å²) in [7, 11) is 1.54. The number of nitrogens with zero attached hydrogens (tertiary/aromatic N) is 1. The molecule has 1 heterocycles. The van der Waals surface area contributed by atoms with Gasteiger partial charge in [0.2, 0.25) is 0 Å². The van der Waals surface area contributed by atoms with Crippen molar-refractivity contribution >= 4 is 5.97 Å². The Kier molecular flexibility index (Phi) is 6.57. The molecule has 28 heavy (non-hydrogen) atoms. The van der Waals surface area contributed by atoms with Gasteiger partial charge in [-0.05, 0) is 56.0 Å². The SMILES string of the molecule is CCOC(=O)[C@@]1(Cc2ccccc2)CCCN(Cc2ccc(OC)c(O)c2)C1. The first-order valence-corrected chi connectivity index (χ1v) is 9.86. The largest absolute Gasteiger partial charge is 0.504 e. The van der Waals surface area contributed by atoms with Gasteiger partial charge in [0.1, 0.15) is 0 Å². The average Bonchev–Trinajstić information content (AvgIpc) is 2.69. The molecule has 0 saturated carbocycles. The average molecular weight is 383 g/mol. The number of methoxy groups -OCH3 is 1. The van der Waals surface area contributed by atoms with E-state index in [1.807, 2.05) is 31.2 Å². The third-order valence-electron chi connectivity index (χ3n) is 5.40. The van der Waals surface area contributed by atoms with Gasteiger partial charge in [0.25, 0.3) is 0 Å². The number of piperidine rings is 1. The van der Waals surface area contributed by atoms with Gasteiger partial charge in [0.15, 0.2) is 11.5 Å². The molecule has 0 amide bonds. The molecule has 0 aromatic heterocycles. The molecule has 150 valence electrons. The van der Waals surface area contributed by atoms with E-state index in [0.29, 0.717) is 31.9 Å². The summed E-state index contributed by atoms with van der Waals surface area (Å²) in [6.45, 7) is 4.49. The lowest BCUT2D eigenvalue weighted by Gasteiger charge is -2.41. The highest BCUT2D eigenvalue weighted by molar-refractivity contribution is 5.77. The van der Waals surface area contributed by atoms with E-state index in [0.717, 1.165) is 30.5 Å². The lowest BCUT2D eigenvalue weighted by atomic mass is 9.75. The van der Waals surface area contributed by atoms with Crippen molar-refractivity contribution in [3.8, 4) is 11.5 Å². The summed E-state index contributed by atoms with van der Waals surface area (Å²) in [6.07, 6.45) is 2.44. The fourth-order valence-electron chi connectivity index (χ4n) is 4.11. The molecule has 0 bridgehead atoms. The number of benzene rings is 2. The molecular weight excluding hydrogens is 354 g/mol. The first-order valence-electron chi connectivity index (χ1n) is 9.86. The first-order chi connectivity index (χ1) is 13.6. The van der Waals surface area contributed by atoms with E-state index >= 15 is 0 Å². The molecule has 2 aromatic carbocycles. The van der Waals surface area contributed by atoms with Gasteiger partial charge in [-0.3, -0.25) is 9.69 Å². The van der Waals surface area contributed by atoms with Crippen LogP contribution in [-0.4, -0.2) is 42.8 Å². The van der Waals surface area contributed by atoms with Crippen molar-refractivity contribution in [2.75, 3.05) is 26.8 Å². The topological polar surface area (TPSA) is 59.0 Å². The fourth-order valence-corrected chi connectivity index (χ4v) is 4.11. The maximum atomic E-state index is 13.0. The van der Waals surface area contributed by atoms with Crippen LogP contribution in [-0.2, 0) is 22.5 Å². The van der Waals surface area contributed by atoms with Gasteiger partial charge >= 0.3 is 5.97 Å². The molecule has 5 nitrogen and oxygen atoms in total. The number of phenols is 1. The lowest BCUT2D eigenvalue weighted by molar-refractivity contribution is -0.159. The Morgan fingerprint density at radius 1 is 1.18 bits per heavy atom. The number of ether oxygens (including phenoxy) is 2. The Balaban J connectivity index is 1.79. The van der Waals surface area contributed by atoms with Crippen molar-refractivity contribution < 1.29 is 19.4 Å². The Hall–Kier alpha value is -2.53. The van der Waals surface area contributed by atoms with Gasteiger partial charge in [-0.25, -0.2) is 0 Å². The van der Waals surface area contributed by atoms with Gasteiger partial charge in [0.05, 0.1) is 19.1 Å². The molecule has 0 spiro atoms. The zero-order valence-corrected chi connectivity index (χ0v) is 16.7. The van der Waals surface area contributed by atoms with E-state index in [9.17, 15) is 9.90 Å². The summed E-state index contributed by atoms with van der Waals surface area (Å²) in [4.78, 5) is 15.2. The number of likely N-dealkylation sites (tertiary alicyclic amines) is 1. The molecule has 3 rings (SSSR count). The van der Waals surface area contributed by atoms with E-state index in [1.54, 1.807) is 12.1 Å². The number of rotatable bonds is 7. The van der Waals surface area contributed by atoms with Crippen molar-refractivity contribution in [2.45, 2.75) is 32.7 Å². The fraction of sp³-hybridized carbons (Fsp3) is 0.435. The minimum Gasteiger partial charge on any atom is -0.504 e. The van der Waals surface area contributed by atoms with Crippen LogP contribution in [0.5, 0.6) is 11.5 Å². The Morgan fingerprint density at radius 2 is 1.96 bits per heavy atom. The van der Waals surface area contributed by atoms with Gasteiger partial charge in [0, 0.05) is 13.1 Å². The standard InChI is InChI=1S/C23H29NO4/c1-3-28-22(26)23(15-18-8-5-4-6-9-18)12-7-13-24(17-23)16-19-10-11-21(27-2)20(25)14-19/h4-6,8-11,14,25H,3,7,12-13,15-17H2,1-2H3/t23-/m1/s1. The highest BCUT2D eigenvalue weighted by Gasteiger charge is 2.43. The second-order valence-electron chi connectivity index (χ2n) is 7.48. The van der Waals surface area contributed by atoms with Gasteiger partial charge in [-0.15, -0.1) is 0 Å². The van der Waals surface area contributed by atoms with Crippen molar-refractivity contribution in [1.29, 1.82) is 0 Å². The second kappa shape index (κ2) is 9.11. The van der Waals surface area contributed by atoms with E-state index < -0.39 is 5.41 Å². The molecule has 0 aliphatic carbocycles. The molecule has 1 atom stereocenters. The minimum atomic E-state index is -0.538. The van der Waals surface area contributed by atoms with Crippen molar-refractivity contribution in [3.05, 3.63) is 59.7 Å². The number of aromatic hydroxyl groups is 1. The highest BCUT2D eigenvalue weighted by Crippen LogP contribution is 2.36. The lowest BCUT2D eigenvalue weighted by Crippen LogP contribution is -2.49. The molecule has 1 N–H and O–H groups in total. The maximum Gasteiger partial charge on any atom is 0.313 e. The summed E-state index contributed by atoms with van der Waals surface area (Å²) >= 11 is 0. The second-order valence-corrected chi connectivity index (χ2v) is 7.48. The maximum absolute atomic E-state index is 13.0. The van der Waals surface area contributed by atoms with Crippen LogP contribution in [0.3, 0.4) is 0 Å². The third kappa shape index (κ3) is 4.65. The van der Waals surface area contributed by atoms with Crippen LogP contribution in [0.4, 0.5) is 0 Å². The molecule has 1 aliphatic heterocycles. The molecular formula is C23H29NO4. The normalized spacial score (nSPS) is 19.9. The number of esters is 1. The minimum absolute atomic E-state index is 0.110. The van der Waals surface area contributed by atoms with E-state index in [-0.39, 0.29) is 11.7 Å². The zero-order valence-electron chi connectivity index (χ0n) is 16.7. The van der Waals surface area contributed by atoms with E-state index in [2.05, 4.69) is 17.0 Å². The van der Waals surface area contributed by atoms with Gasteiger partial charge < -0.3 is 14.6 Å². The van der Waals surface area contributed by atoms with Gasteiger partial charge in [-0.1, -0.05) is 36.4 Å². The number of carbonyl (C=O) groups excluding carboxylic acids is 1. The summed E-state index contributed by atoms with van der Waals surface area (Å²) in [5.74, 6) is 0.492. The zero-order chi connectivity index (χ0) is 20.0. The van der Waals surface area contributed by atoms with Crippen LogP contribution in [0.1, 0.15) is 30.9 Å². The molecule has 2 aromatic rings. The predicted octanol–water partition coefficient (Wildman–Crippen LogP) is 3.79. The smallest absolute Gasteiger partial charge is 0.313 e. The van der Waals surface area contributed by atoms with Crippen LogP contribution in [0.2, 0.25) is 0 Å². The Morgan fingerprint density at radius 3 is 2.64 bits per heavy atom.